The van der Waals surface area contributed by atoms with Gasteiger partial charge in [-0.05, 0) is 30.3 Å². The van der Waals surface area contributed by atoms with Crippen molar-refractivity contribution in [1.82, 2.24) is 14.3 Å². The van der Waals surface area contributed by atoms with E-state index in [2.05, 4.69) is 10.4 Å². The normalized spacial score (nSPS) is 13.2. The van der Waals surface area contributed by atoms with Gasteiger partial charge in [0, 0.05) is 18.8 Å². The first kappa shape index (κ1) is 21.6. The number of benzene rings is 2. The second-order valence-corrected chi connectivity index (χ2v) is 7.35. The molecule has 1 N–H and O–H groups in total. The molecule has 0 saturated heterocycles. The Labute approximate surface area is 183 Å². The van der Waals surface area contributed by atoms with Crippen LogP contribution in [0, 0.1) is 0 Å². The van der Waals surface area contributed by atoms with Gasteiger partial charge in [-0.1, -0.05) is 29.8 Å². The Morgan fingerprint density at radius 1 is 1.06 bits per heavy atom. The molecule has 0 bridgehead atoms. The van der Waals surface area contributed by atoms with Gasteiger partial charge in [0.05, 0.1) is 16.3 Å². The summed E-state index contributed by atoms with van der Waals surface area (Å²) in [4.78, 5) is 39.1. The molecule has 2 aromatic carbocycles. The average molecular weight is 466 g/mol. The van der Waals surface area contributed by atoms with Gasteiger partial charge in [-0.15, -0.1) is 5.10 Å². The molecule has 2 heterocycles. The molecule has 12 heteroatoms. The average Bonchev–Trinajstić information content (AvgIpc) is 3.17. The van der Waals surface area contributed by atoms with Crippen molar-refractivity contribution >= 4 is 34.8 Å². The number of amides is 1. The molecule has 0 aliphatic carbocycles. The Hall–Kier alpha value is -3.60. The molecule has 0 spiro atoms. The molecule has 1 aliphatic heterocycles. The highest BCUT2D eigenvalue weighted by molar-refractivity contribution is 6.33. The molecule has 0 unspecified atom stereocenters. The number of nitrogens with one attached hydrogen (secondary N) is 1. The number of hydrogen-bond acceptors (Lipinski definition) is 5. The third-order valence-electron chi connectivity index (χ3n) is 4.83. The highest BCUT2D eigenvalue weighted by Crippen LogP contribution is 2.33. The van der Waals surface area contributed by atoms with Gasteiger partial charge in [0.1, 0.15) is 6.54 Å². The zero-order chi connectivity index (χ0) is 23.0. The van der Waals surface area contributed by atoms with Crippen molar-refractivity contribution in [3.8, 4) is 0 Å². The molecule has 3 aromatic rings. The molecular weight excluding hydrogens is 451 g/mol. The zero-order valence-corrected chi connectivity index (χ0v) is 17.0. The van der Waals surface area contributed by atoms with Crippen LogP contribution in [0.5, 0.6) is 0 Å². The van der Waals surface area contributed by atoms with Crippen LogP contribution in [-0.4, -0.2) is 26.8 Å². The number of hydrogen-bond donors (Lipinski definition) is 1. The molecule has 1 aromatic heterocycles. The molecule has 0 radical (unpaired) electrons. The minimum absolute atomic E-state index is 0.115. The van der Waals surface area contributed by atoms with Crippen LogP contribution >= 0.6 is 11.6 Å². The van der Waals surface area contributed by atoms with Crippen molar-refractivity contribution < 1.29 is 18.0 Å². The summed E-state index contributed by atoms with van der Waals surface area (Å²) in [5, 5.41) is 6.27. The van der Waals surface area contributed by atoms with Crippen LogP contribution in [0.1, 0.15) is 5.56 Å². The molecule has 0 saturated carbocycles. The number of rotatable bonds is 4. The predicted octanol–water partition coefficient (Wildman–Crippen LogP) is 2.87. The summed E-state index contributed by atoms with van der Waals surface area (Å²) in [6.07, 6.45) is -4.63. The van der Waals surface area contributed by atoms with Crippen LogP contribution in [0.3, 0.4) is 0 Å². The summed E-state index contributed by atoms with van der Waals surface area (Å²) >= 11 is 5.89. The quantitative estimate of drug-likeness (QED) is 0.598. The van der Waals surface area contributed by atoms with Crippen LogP contribution in [-0.2, 0) is 24.1 Å². The first-order valence-corrected chi connectivity index (χ1v) is 9.74. The molecule has 166 valence electrons. The lowest BCUT2D eigenvalue weighted by atomic mass is 10.2. The standard InChI is InChI=1S/C20H15ClF3N5O3/c21-14-7-6-12(20(22,23)24)10-15(14)25-16(30)11-29-18(32)17(31)28-9-8-27(19(28)26-29)13-4-2-1-3-5-13/h1-7,10H,8-9,11H2,(H,25,30). The maximum Gasteiger partial charge on any atom is 0.416 e. The Balaban J connectivity index is 1.62. The van der Waals surface area contributed by atoms with Crippen molar-refractivity contribution in [3.63, 3.8) is 0 Å². The topological polar surface area (TPSA) is 89.2 Å². The third-order valence-corrected chi connectivity index (χ3v) is 5.16. The predicted molar refractivity (Wildman–Crippen MR) is 111 cm³/mol. The third kappa shape index (κ3) is 4.11. The Morgan fingerprint density at radius 2 is 1.78 bits per heavy atom. The number of aromatic nitrogens is 3. The van der Waals surface area contributed by atoms with Crippen molar-refractivity contribution in [1.29, 1.82) is 0 Å². The summed E-state index contributed by atoms with van der Waals surface area (Å²) in [7, 11) is 0. The number of alkyl halides is 3. The number of fused-ring (bicyclic) bond motifs is 1. The first-order chi connectivity index (χ1) is 15.1. The van der Waals surface area contributed by atoms with E-state index in [4.69, 9.17) is 11.6 Å². The van der Waals surface area contributed by atoms with Gasteiger partial charge < -0.3 is 10.2 Å². The van der Waals surface area contributed by atoms with E-state index in [0.29, 0.717) is 17.3 Å². The van der Waals surface area contributed by atoms with E-state index in [0.717, 1.165) is 17.8 Å². The molecule has 0 atom stereocenters. The zero-order valence-electron chi connectivity index (χ0n) is 16.3. The molecule has 4 rings (SSSR count). The number of para-hydroxylation sites is 1. The summed E-state index contributed by atoms with van der Waals surface area (Å²) in [6.45, 7) is -0.0307. The smallest absolute Gasteiger partial charge is 0.323 e. The van der Waals surface area contributed by atoms with Crippen molar-refractivity contribution in [3.05, 3.63) is 79.8 Å². The fourth-order valence-corrected chi connectivity index (χ4v) is 3.47. The van der Waals surface area contributed by atoms with E-state index in [9.17, 15) is 27.6 Å². The maximum atomic E-state index is 12.9. The minimum Gasteiger partial charge on any atom is -0.323 e. The van der Waals surface area contributed by atoms with E-state index in [1.54, 1.807) is 29.2 Å². The van der Waals surface area contributed by atoms with Gasteiger partial charge in [-0.2, -0.15) is 13.2 Å². The van der Waals surface area contributed by atoms with Crippen molar-refractivity contribution in [2.24, 2.45) is 0 Å². The monoisotopic (exact) mass is 465 g/mol. The Kier molecular flexibility index (Phi) is 5.51. The lowest BCUT2D eigenvalue weighted by Crippen LogP contribution is -2.44. The van der Waals surface area contributed by atoms with Gasteiger partial charge in [0.15, 0.2) is 0 Å². The van der Waals surface area contributed by atoms with E-state index in [-0.39, 0.29) is 23.2 Å². The fraction of sp³-hybridized carbons (Fsp3) is 0.200. The first-order valence-electron chi connectivity index (χ1n) is 9.36. The van der Waals surface area contributed by atoms with Gasteiger partial charge >= 0.3 is 17.3 Å². The second kappa shape index (κ2) is 8.15. The molecular formula is C20H15ClF3N5O3. The molecule has 8 nitrogen and oxygen atoms in total. The van der Waals surface area contributed by atoms with Crippen molar-refractivity contribution in [2.45, 2.75) is 19.3 Å². The number of anilines is 3. The molecule has 32 heavy (non-hydrogen) atoms. The summed E-state index contributed by atoms with van der Waals surface area (Å²) in [5.74, 6) is -0.680. The van der Waals surface area contributed by atoms with Crippen LogP contribution < -0.4 is 21.3 Å². The molecule has 0 fully saturated rings. The summed E-state index contributed by atoms with van der Waals surface area (Å²) in [6, 6.07) is 11.5. The molecule has 1 aliphatic rings. The number of carbonyl (C=O) groups excluding carboxylic acids is 1. The highest BCUT2D eigenvalue weighted by atomic mass is 35.5. The Bertz CT molecular complexity index is 1300. The molecule has 1 amide bonds. The van der Waals surface area contributed by atoms with E-state index in [1.165, 1.54) is 4.57 Å². The summed E-state index contributed by atoms with van der Waals surface area (Å²) < 4.78 is 40.7. The summed E-state index contributed by atoms with van der Waals surface area (Å²) in [5.41, 5.74) is -2.39. The maximum absolute atomic E-state index is 12.9. The van der Waals surface area contributed by atoms with Gasteiger partial charge in [0.2, 0.25) is 11.9 Å². The Morgan fingerprint density at radius 3 is 2.47 bits per heavy atom. The van der Waals surface area contributed by atoms with E-state index < -0.39 is 35.3 Å². The van der Waals surface area contributed by atoms with Crippen LogP contribution in [0.15, 0.2) is 58.1 Å². The van der Waals surface area contributed by atoms with Crippen LogP contribution in [0.25, 0.3) is 0 Å². The van der Waals surface area contributed by atoms with Gasteiger partial charge in [-0.3, -0.25) is 19.0 Å². The fourth-order valence-electron chi connectivity index (χ4n) is 3.31. The number of carbonyl (C=O) groups is 1. The SMILES string of the molecule is O=C(Cn1nc2n(c(=O)c1=O)CCN2c1ccccc1)Nc1cc(C(F)(F)F)ccc1Cl. The van der Waals surface area contributed by atoms with E-state index >= 15 is 0 Å². The van der Waals surface area contributed by atoms with Crippen molar-refractivity contribution in [2.75, 3.05) is 16.8 Å². The number of nitrogens with zero attached hydrogens (tertiary/aromatic N) is 4. The van der Waals surface area contributed by atoms with Crippen LogP contribution in [0.4, 0.5) is 30.5 Å². The lowest BCUT2D eigenvalue weighted by molar-refractivity contribution is -0.137. The second-order valence-electron chi connectivity index (χ2n) is 6.95. The minimum atomic E-state index is -4.63. The van der Waals surface area contributed by atoms with Crippen LogP contribution in [0.2, 0.25) is 5.02 Å². The largest absolute Gasteiger partial charge is 0.416 e. The van der Waals surface area contributed by atoms with Gasteiger partial charge in [0.25, 0.3) is 0 Å². The van der Waals surface area contributed by atoms with E-state index in [1.807, 2.05) is 6.07 Å². The lowest BCUT2D eigenvalue weighted by Gasteiger charge is -2.17. The highest BCUT2D eigenvalue weighted by Gasteiger charge is 2.31. The van der Waals surface area contributed by atoms with Gasteiger partial charge in [-0.25, -0.2) is 4.68 Å². The number of halogens is 4.